The van der Waals surface area contributed by atoms with Gasteiger partial charge in [0.1, 0.15) is 5.75 Å². The van der Waals surface area contributed by atoms with Gasteiger partial charge in [0.25, 0.3) is 0 Å². The van der Waals surface area contributed by atoms with E-state index in [1.165, 1.54) is 12.5 Å². The molecule has 0 fully saturated rings. The van der Waals surface area contributed by atoms with Crippen LogP contribution in [-0.4, -0.2) is 31.6 Å². The topological polar surface area (TPSA) is 88.1 Å². The number of ether oxygens (including phenoxy) is 4. The van der Waals surface area contributed by atoms with Gasteiger partial charge in [-0.1, -0.05) is 92.2 Å². The zero-order chi connectivity index (χ0) is 38.5. The third-order valence-corrected chi connectivity index (χ3v) is 7.96. The molecule has 0 unspecified atom stereocenters. The smallest absolute Gasteiger partial charge is 0.337 e. The maximum Gasteiger partial charge on any atom is 0.337 e. The van der Waals surface area contributed by atoms with E-state index in [9.17, 15) is 14.4 Å². The van der Waals surface area contributed by atoms with Crippen molar-refractivity contribution in [2.45, 2.75) is 34.1 Å². The summed E-state index contributed by atoms with van der Waals surface area (Å²) in [5.74, 6) is 5.80. The van der Waals surface area contributed by atoms with Crippen LogP contribution in [0, 0.1) is 18.8 Å². The first-order chi connectivity index (χ1) is 25.4. The second-order valence-corrected chi connectivity index (χ2v) is 12.3. The van der Waals surface area contributed by atoms with Gasteiger partial charge in [-0.05, 0) is 91.4 Å². The van der Waals surface area contributed by atoms with Gasteiger partial charge in [-0.15, -0.1) is 0 Å². The molecule has 268 valence electrons. The number of carbonyl (C=O) groups excluding carboxylic acids is 3. The minimum atomic E-state index is -0.485. The SMILES string of the molecule is C=C(C)C(=O)OC=Cc1ccc(C#Cc2cc(C)c(-c3ccc(-c4ccc(C=COC(=O)C(=C)C)cc4)cc3)c(OC)c2CCOC(=O)C(=C)C)cc1. The molecule has 7 nitrogen and oxygen atoms in total. The molecule has 0 aromatic heterocycles. The summed E-state index contributed by atoms with van der Waals surface area (Å²) < 4.78 is 21.6. The zero-order valence-electron chi connectivity index (χ0n) is 30.7. The highest BCUT2D eigenvalue weighted by molar-refractivity contribution is 5.88. The van der Waals surface area contributed by atoms with Crippen LogP contribution in [0.25, 0.3) is 34.4 Å². The van der Waals surface area contributed by atoms with Crippen LogP contribution in [0.15, 0.2) is 128 Å². The van der Waals surface area contributed by atoms with Crippen molar-refractivity contribution in [1.82, 2.24) is 0 Å². The molecule has 7 heteroatoms. The van der Waals surface area contributed by atoms with Crippen LogP contribution in [0.4, 0.5) is 0 Å². The Kier molecular flexibility index (Phi) is 13.7. The van der Waals surface area contributed by atoms with E-state index < -0.39 is 17.9 Å². The minimum absolute atomic E-state index is 0.122. The Hall–Kier alpha value is -6.65. The van der Waals surface area contributed by atoms with Crippen LogP contribution in [0.1, 0.15) is 54.2 Å². The van der Waals surface area contributed by atoms with E-state index in [0.29, 0.717) is 28.9 Å². The van der Waals surface area contributed by atoms with E-state index in [4.69, 9.17) is 18.9 Å². The van der Waals surface area contributed by atoms with Gasteiger partial charge in [0.15, 0.2) is 0 Å². The van der Waals surface area contributed by atoms with Crippen molar-refractivity contribution < 1.29 is 33.3 Å². The molecule has 0 aliphatic carbocycles. The van der Waals surface area contributed by atoms with Crippen molar-refractivity contribution in [3.05, 3.63) is 161 Å². The van der Waals surface area contributed by atoms with Crippen LogP contribution < -0.4 is 4.74 Å². The van der Waals surface area contributed by atoms with Crippen LogP contribution in [-0.2, 0) is 35.0 Å². The molecule has 0 spiro atoms. The molecular formula is C46H42O7. The maximum atomic E-state index is 12.2. The molecule has 53 heavy (non-hydrogen) atoms. The second kappa shape index (κ2) is 18.5. The van der Waals surface area contributed by atoms with Crippen LogP contribution >= 0.6 is 0 Å². The molecule has 0 aliphatic heterocycles. The number of benzene rings is 4. The molecule has 4 aromatic carbocycles. The molecule has 0 saturated carbocycles. The number of esters is 3. The number of carbonyl (C=O) groups is 3. The summed E-state index contributed by atoms with van der Waals surface area (Å²) >= 11 is 0. The Bertz CT molecular complexity index is 2150. The first-order valence-corrected chi connectivity index (χ1v) is 16.8. The number of methoxy groups -OCH3 is 1. The summed E-state index contributed by atoms with van der Waals surface area (Å²) in [4.78, 5) is 35.4. The molecule has 0 aliphatic rings. The Morgan fingerprint density at radius 1 is 0.660 bits per heavy atom. The highest BCUT2D eigenvalue weighted by Gasteiger charge is 2.19. The predicted molar refractivity (Wildman–Crippen MR) is 210 cm³/mol. The van der Waals surface area contributed by atoms with Crippen LogP contribution in [0.3, 0.4) is 0 Å². The van der Waals surface area contributed by atoms with Gasteiger partial charge < -0.3 is 18.9 Å². The van der Waals surface area contributed by atoms with Gasteiger partial charge in [0.2, 0.25) is 0 Å². The van der Waals surface area contributed by atoms with Crippen LogP contribution in [0.5, 0.6) is 5.75 Å². The number of aryl methyl sites for hydroxylation is 1. The predicted octanol–water partition coefficient (Wildman–Crippen LogP) is 9.58. The van der Waals surface area contributed by atoms with Crippen molar-refractivity contribution in [3.63, 3.8) is 0 Å². The summed E-state index contributed by atoms with van der Waals surface area (Å²) in [6, 6.07) is 25.7. The lowest BCUT2D eigenvalue weighted by atomic mass is 9.90. The van der Waals surface area contributed by atoms with Crippen molar-refractivity contribution in [3.8, 4) is 39.8 Å². The first-order valence-electron chi connectivity index (χ1n) is 16.8. The normalized spacial score (nSPS) is 10.7. The molecule has 0 heterocycles. The fourth-order valence-electron chi connectivity index (χ4n) is 5.12. The van der Waals surface area contributed by atoms with E-state index in [1.807, 2.05) is 61.5 Å². The van der Waals surface area contributed by atoms with Gasteiger partial charge in [-0.3, -0.25) is 0 Å². The first kappa shape index (κ1) is 39.1. The zero-order valence-corrected chi connectivity index (χ0v) is 30.7. The van der Waals surface area contributed by atoms with E-state index in [2.05, 4.69) is 55.8 Å². The van der Waals surface area contributed by atoms with Crippen molar-refractivity contribution in [1.29, 1.82) is 0 Å². The molecular weight excluding hydrogens is 664 g/mol. The molecule has 4 rings (SSSR count). The summed E-state index contributed by atoms with van der Waals surface area (Å²) in [5.41, 5.74) is 9.95. The molecule has 0 radical (unpaired) electrons. The molecule has 0 atom stereocenters. The Labute approximate surface area is 311 Å². The lowest BCUT2D eigenvalue weighted by Gasteiger charge is -2.19. The fourth-order valence-corrected chi connectivity index (χ4v) is 5.12. The molecule has 0 saturated heterocycles. The largest absolute Gasteiger partial charge is 0.496 e. The lowest BCUT2D eigenvalue weighted by molar-refractivity contribution is -0.139. The highest BCUT2D eigenvalue weighted by Crippen LogP contribution is 2.39. The average molecular weight is 707 g/mol. The highest BCUT2D eigenvalue weighted by atomic mass is 16.5. The minimum Gasteiger partial charge on any atom is -0.496 e. The number of rotatable bonds is 13. The fraction of sp³-hybridized carbons (Fsp3) is 0.152. The maximum absolute atomic E-state index is 12.2. The van der Waals surface area contributed by atoms with Gasteiger partial charge in [-0.2, -0.15) is 0 Å². The average Bonchev–Trinajstić information content (AvgIpc) is 3.14. The summed E-state index contributed by atoms with van der Waals surface area (Å²) in [6.45, 7) is 17.8. The summed E-state index contributed by atoms with van der Waals surface area (Å²) in [5, 5.41) is 0. The molecule has 0 N–H and O–H groups in total. The van der Waals surface area contributed by atoms with E-state index in [1.54, 1.807) is 40.0 Å². The lowest BCUT2D eigenvalue weighted by Crippen LogP contribution is -2.10. The van der Waals surface area contributed by atoms with Gasteiger partial charge in [0.05, 0.1) is 26.2 Å². The summed E-state index contributed by atoms with van der Waals surface area (Å²) in [6.07, 6.45) is 6.47. The third-order valence-electron chi connectivity index (χ3n) is 7.96. The Morgan fingerprint density at radius 3 is 1.62 bits per heavy atom. The van der Waals surface area contributed by atoms with Crippen LogP contribution in [0.2, 0.25) is 0 Å². The quantitative estimate of drug-likeness (QED) is 0.0450. The van der Waals surface area contributed by atoms with Crippen molar-refractivity contribution >= 4 is 30.1 Å². The molecule has 0 bridgehead atoms. The van der Waals surface area contributed by atoms with E-state index in [-0.39, 0.29) is 6.61 Å². The van der Waals surface area contributed by atoms with Gasteiger partial charge >= 0.3 is 17.9 Å². The Morgan fingerprint density at radius 2 is 1.13 bits per heavy atom. The van der Waals surface area contributed by atoms with E-state index >= 15 is 0 Å². The number of hydrogen-bond donors (Lipinski definition) is 0. The second-order valence-electron chi connectivity index (χ2n) is 12.3. The third kappa shape index (κ3) is 10.9. The van der Waals surface area contributed by atoms with Gasteiger partial charge in [0, 0.05) is 45.4 Å². The summed E-state index contributed by atoms with van der Waals surface area (Å²) in [7, 11) is 1.63. The standard InChI is InChI=1S/C46H42O7/c1-30(2)44(47)51-26-23-35-11-9-34(10-12-35)15-18-40-29-33(7)42(43(50-8)41(40)25-28-53-46(49)32(5)6)39-21-19-38(20-22-39)37-16-13-36(14-17-37)24-27-52-45(48)31(3)4/h9-14,16-17,19-24,26-27,29H,1,3,5,25,28H2,2,4,6-8H3. The van der Waals surface area contributed by atoms with Crippen molar-refractivity contribution in [2.75, 3.05) is 13.7 Å². The molecule has 4 aromatic rings. The Balaban J connectivity index is 1.63. The monoisotopic (exact) mass is 706 g/mol. The van der Waals surface area contributed by atoms with E-state index in [0.717, 1.165) is 55.6 Å². The molecule has 0 amide bonds. The van der Waals surface area contributed by atoms with Crippen molar-refractivity contribution in [2.24, 2.45) is 0 Å². The van der Waals surface area contributed by atoms with Gasteiger partial charge in [-0.25, -0.2) is 14.4 Å². The number of hydrogen-bond acceptors (Lipinski definition) is 7.